The number of carbonyl (C=O) groups is 1. The third-order valence-electron chi connectivity index (χ3n) is 4.92. The topological polar surface area (TPSA) is 73.6 Å². The van der Waals surface area contributed by atoms with E-state index in [-0.39, 0.29) is 36.3 Å². The van der Waals surface area contributed by atoms with Gasteiger partial charge in [0, 0.05) is 12.6 Å². The number of nitrogens with one attached hydrogen (secondary N) is 1. The van der Waals surface area contributed by atoms with Crippen LogP contribution >= 0.6 is 0 Å². The van der Waals surface area contributed by atoms with E-state index in [9.17, 15) is 9.18 Å². The predicted octanol–water partition coefficient (Wildman–Crippen LogP) is 3.83. The van der Waals surface area contributed by atoms with Gasteiger partial charge in [0.15, 0.2) is 0 Å². The van der Waals surface area contributed by atoms with Crippen LogP contribution in [0.4, 0.5) is 15.8 Å². The summed E-state index contributed by atoms with van der Waals surface area (Å²) in [4.78, 5) is 11.5. The van der Waals surface area contributed by atoms with Crippen molar-refractivity contribution >= 4 is 17.3 Å². The molecular formula is C19H29FN2O3. The molecule has 1 fully saturated rings. The summed E-state index contributed by atoms with van der Waals surface area (Å²) in [6.45, 7) is 4.72. The standard InChI is InChI=1S/C19H29FN2O3/c1-4-12(8-19(23)24-3)15-10-17(21)18(11-16(15)20)22-13-6-7-25-14(5-2)9-13/h10-14,22H,4-9,21H2,1-3H3. The van der Waals surface area contributed by atoms with Crippen molar-refractivity contribution in [3.8, 4) is 0 Å². The molecule has 1 aromatic carbocycles. The highest BCUT2D eigenvalue weighted by Crippen LogP contribution is 2.33. The zero-order chi connectivity index (χ0) is 18.4. The first-order valence-electron chi connectivity index (χ1n) is 9.02. The SMILES string of the molecule is CCC1CC(Nc2cc(F)c(C(CC)CC(=O)OC)cc2N)CCO1. The average molecular weight is 352 g/mol. The van der Waals surface area contributed by atoms with Crippen LogP contribution in [-0.2, 0) is 14.3 Å². The Balaban J connectivity index is 2.14. The van der Waals surface area contributed by atoms with Gasteiger partial charge in [0.05, 0.1) is 31.0 Å². The number of esters is 1. The Hall–Kier alpha value is -1.82. The van der Waals surface area contributed by atoms with Crippen LogP contribution in [0.1, 0.15) is 57.4 Å². The Labute approximate surface area is 149 Å². The normalized spacial score (nSPS) is 21.6. The van der Waals surface area contributed by atoms with Crippen LogP contribution in [-0.4, -0.2) is 31.8 Å². The molecule has 1 aliphatic rings. The minimum absolute atomic E-state index is 0.147. The van der Waals surface area contributed by atoms with Gasteiger partial charge >= 0.3 is 5.97 Å². The molecule has 3 N–H and O–H groups in total. The molecule has 3 unspecified atom stereocenters. The molecule has 0 bridgehead atoms. The van der Waals surface area contributed by atoms with Gasteiger partial charge in [-0.05, 0) is 49.3 Å². The van der Waals surface area contributed by atoms with E-state index in [4.69, 9.17) is 15.2 Å². The Morgan fingerprint density at radius 3 is 2.88 bits per heavy atom. The van der Waals surface area contributed by atoms with Gasteiger partial charge in [-0.2, -0.15) is 0 Å². The van der Waals surface area contributed by atoms with E-state index in [1.54, 1.807) is 6.07 Å². The van der Waals surface area contributed by atoms with Crippen molar-refractivity contribution in [3.63, 3.8) is 0 Å². The summed E-state index contributed by atoms with van der Waals surface area (Å²) in [7, 11) is 1.34. The lowest BCUT2D eigenvalue weighted by molar-refractivity contribution is -0.141. The van der Waals surface area contributed by atoms with Crippen molar-refractivity contribution < 1.29 is 18.7 Å². The maximum absolute atomic E-state index is 14.6. The van der Waals surface area contributed by atoms with E-state index >= 15 is 0 Å². The fraction of sp³-hybridized carbons (Fsp3) is 0.632. The number of carbonyl (C=O) groups excluding carboxylic acids is 1. The summed E-state index contributed by atoms with van der Waals surface area (Å²) in [5.41, 5.74) is 7.73. The number of anilines is 2. The summed E-state index contributed by atoms with van der Waals surface area (Å²) in [6.07, 6.45) is 3.75. The van der Waals surface area contributed by atoms with Gasteiger partial charge in [0.25, 0.3) is 0 Å². The highest BCUT2D eigenvalue weighted by Gasteiger charge is 2.24. The second-order valence-electron chi connectivity index (χ2n) is 6.61. The Bertz CT molecular complexity index is 594. The van der Waals surface area contributed by atoms with E-state index in [0.29, 0.717) is 30.0 Å². The molecule has 0 aliphatic carbocycles. The van der Waals surface area contributed by atoms with Gasteiger partial charge in [0.1, 0.15) is 5.82 Å². The van der Waals surface area contributed by atoms with E-state index < -0.39 is 0 Å². The van der Waals surface area contributed by atoms with Crippen LogP contribution in [0.5, 0.6) is 0 Å². The van der Waals surface area contributed by atoms with Gasteiger partial charge in [-0.15, -0.1) is 0 Å². The number of hydrogen-bond acceptors (Lipinski definition) is 5. The fourth-order valence-corrected chi connectivity index (χ4v) is 3.32. The molecular weight excluding hydrogens is 323 g/mol. The smallest absolute Gasteiger partial charge is 0.306 e. The first-order valence-corrected chi connectivity index (χ1v) is 9.02. The minimum atomic E-state index is -0.347. The largest absolute Gasteiger partial charge is 0.469 e. The second kappa shape index (κ2) is 9.04. The fourth-order valence-electron chi connectivity index (χ4n) is 3.32. The Kier molecular flexibility index (Phi) is 7.05. The lowest BCUT2D eigenvalue weighted by Gasteiger charge is -2.30. The van der Waals surface area contributed by atoms with Crippen LogP contribution in [0, 0.1) is 5.82 Å². The summed E-state index contributed by atoms with van der Waals surface area (Å²) < 4.78 is 25.0. The average Bonchev–Trinajstić information content (AvgIpc) is 2.62. The predicted molar refractivity (Wildman–Crippen MR) is 97.2 cm³/mol. The molecule has 0 aromatic heterocycles. The van der Waals surface area contributed by atoms with E-state index in [2.05, 4.69) is 12.2 Å². The molecule has 0 saturated carbocycles. The summed E-state index contributed by atoms with van der Waals surface area (Å²) >= 11 is 0. The number of halogens is 1. The van der Waals surface area contributed by atoms with Crippen molar-refractivity contribution in [3.05, 3.63) is 23.5 Å². The molecule has 1 heterocycles. The van der Waals surface area contributed by atoms with Crippen molar-refractivity contribution in [1.29, 1.82) is 0 Å². The molecule has 1 aliphatic heterocycles. The lowest BCUT2D eigenvalue weighted by atomic mass is 9.92. The van der Waals surface area contributed by atoms with Crippen molar-refractivity contribution in [1.82, 2.24) is 0 Å². The first kappa shape index (κ1) is 19.5. The third-order valence-corrected chi connectivity index (χ3v) is 4.92. The maximum Gasteiger partial charge on any atom is 0.306 e. The van der Waals surface area contributed by atoms with Crippen molar-refractivity contribution in [2.45, 2.75) is 64.0 Å². The molecule has 2 rings (SSSR count). The molecule has 25 heavy (non-hydrogen) atoms. The molecule has 6 heteroatoms. The molecule has 3 atom stereocenters. The molecule has 0 radical (unpaired) electrons. The molecule has 0 amide bonds. The van der Waals surface area contributed by atoms with Crippen LogP contribution in [0.3, 0.4) is 0 Å². The molecule has 1 saturated heterocycles. The summed E-state index contributed by atoms with van der Waals surface area (Å²) in [6, 6.07) is 3.31. The third kappa shape index (κ3) is 5.08. The van der Waals surface area contributed by atoms with Gasteiger partial charge in [-0.3, -0.25) is 4.79 Å². The number of rotatable bonds is 7. The van der Waals surface area contributed by atoms with Crippen molar-refractivity contribution in [2.75, 3.05) is 24.8 Å². The molecule has 140 valence electrons. The number of methoxy groups -OCH3 is 1. The van der Waals surface area contributed by atoms with Crippen LogP contribution < -0.4 is 11.1 Å². The minimum Gasteiger partial charge on any atom is -0.469 e. The lowest BCUT2D eigenvalue weighted by Crippen LogP contribution is -2.34. The summed E-state index contributed by atoms with van der Waals surface area (Å²) in [5, 5.41) is 3.35. The second-order valence-corrected chi connectivity index (χ2v) is 6.61. The van der Waals surface area contributed by atoms with E-state index in [1.165, 1.54) is 13.2 Å². The van der Waals surface area contributed by atoms with Gasteiger partial charge in [-0.25, -0.2) is 4.39 Å². The molecule has 5 nitrogen and oxygen atoms in total. The van der Waals surface area contributed by atoms with Gasteiger partial charge < -0.3 is 20.5 Å². The molecule has 1 aromatic rings. The maximum atomic E-state index is 14.6. The van der Waals surface area contributed by atoms with Crippen molar-refractivity contribution in [2.24, 2.45) is 0 Å². The first-order chi connectivity index (χ1) is 12.0. The van der Waals surface area contributed by atoms with Crippen LogP contribution in [0.25, 0.3) is 0 Å². The highest BCUT2D eigenvalue weighted by molar-refractivity contribution is 5.72. The Morgan fingerprint density at radius 2 is 2.24 bits per heavy atom. The number of benzene rings is 1. The van der Waals surface area contributed by atoms with Gasteiger partial charge in [-0.1, -0.05) is 13.8 Å². The van der Waals surface area contributed by atoms with Crippen LogP contribution in [0.2, 0.25) is 0 Å². The van der Waals surface area contributed by atoms with Gasteiger partial charge in [0.2, 0.25) is 0 Å². The zero-order valence-corrected chi connectivity index (χ0v) is 15.3. The Morgan fingerprint density at radius 1 is 1.48 bits per heavy atom. The summed E-state index contributed by atoms with van der Waals surface area (Å²) in [5.74, 6) is -0.928. The van der Waals surface area contributed by atoms with Crippen LogP contribution in [0.15, 0.2) is 12.1 Å². The monoisotopic (exact) mass is 352 g/mol. The number of ether oxygens (including phenoxy) is 2. The highest BCUT2D eigenvalue weighted by atomic mass is 19.1. The van der Waals surface area contributed by atoms with E-state index in [0.717, 1.165) is 19.3 Å². The zero-order valence-electron chi connectivity index (χ0n) is 15.3. The number of hydrogen-bond donors (Lipinski definition) is 2. The number of nitrogen functional groups attached to an aromatic ring is 1. The molecule has 0 spiro atoms. The van der Waals surface area contributed by atoms with E-state index in [1.807, 2.05) is 6.92 Å². The number of nitrogens with two attached hydrogens (primary N) is 1. The quantitative estimate of drug-likeness (QED) is 0.576.